The number of nitrogens with two attached hydrogens (primary N) is 1. The second-order valence-electron chi connectivity index (χ2n) is 5.82. The first-order chi connectivity index (χ1) is 9.99. The third-order valence-corrected chi connectivity index (χ3v) is 4.05. The van der Waals surface area contributed by atoms with Gasteiger partial charge in [-0.05, 0) is 64.8 Å². The highest BCUT2D eigenvalue weighted by molar-refractivity contribution is 5.29. The summed E-state index contributed by atoms with van der Waals surface area (Å²) in [5.41, 5.74) is 7.61. The van der Waals surface area contributed by atoms with Crippen LogP contribution in [0.25, 0.3) is 0 Å². The average molecular weight is 293 g/mol. The van der Waals surface area contributed by atoms with Gasteiger partial charge < -0.3 is 15.4 Å². The van der Waals surface area contributed by atoms with Crippen LogP contribution >= 0.6 is 0 Å². The number of benzene rings is 1. The molecule has 0 radical (unpaired) electrons. The van der Waals surface area contributed by atoms with Gasteiger partial charge in [-0.3, -0.25) is 4.90 Å². The maximum atomic E-state index is 6.45. The van der Waals surface area contributed by atoms with Crippen LogP contribution < -0.4 is 10.5 Å². The lowest BCUT2D eigenvalue weighted by Gasteiger charge is -2.32. The quantitative estimate of drug-likeness (QED) is 0.759. The first-order valence-corrected chi connectivity index (χ1v) is 7.77. The highest BCUT2D eigenvalue weighted by atomic mass is 16.5. The maximum absolute atomic E-state index is 6.45. The van der Waals surface area contributed by atoms with E-state index in [2.05, 4.69) is 49.9 Å². The molecule has 4 heteroatoms. The van der Waals surface area contributed by atoms with E-state index in [9.17, 15) is 0 Å². The highest BCUT2D eigenvalue weighted by Gasteiger charge is 2.20. The van der Waals surface area contributed by atoms with Gasteiger partial charge in [0.1, 0.15) is 5.75 Å². The number of methoxy groups -OCH3 is 1. The summed E-state index contributed by atoms with van der Waals surface area (Å²) in [5.74, 6) is 0.872. The van der Waals surface area contributed by atoms with Crippen molar-refractivity contribution >= 4 is 0 Å². The van der Waals surface area contributed by atoms with Crippen molar-refractivity contribution in [1.82, 2.24) is 9.80 Å². The van der Waals surface area contributed by atoms with Crippen molar-refractivity contribution < 1.29 is 4.74 Å². The lowest BCUT2D eigenvalue weighted by atomic mass is 10.00. The molecule has 1 aromatic carbocycles. The van der Waals surface area contributed by atoms with Crippen molar-refractivity contribution in [3.05, 3.63) is 29.8 Å². The summed E-state index contributed by atoms with van der Waals surface area (Å²) in [6.07, 6.45) is 1.17. The van der Waals surface area contributed by atoms with Crippen LogP contribution in [0.15, 0.2) is 24.3 Å². The topological polar surface area (TPSA) is 41.7 Å². The van der Waals surface area contributed by atoms with Crippen LogP contribution in [0, 0.1) is 0 Å². The summed E-state index contributed by atoms with van der Waals surface area (Å²) < 4.78 is 5.20. The van der Waals surface area contributed by atoms with Crippen LogP contribution in [0.5, 0.6) is 5.75 Å². The standard InChI is InChI=1S/C17H31N3O/c1-6-20(13-7-12-19(3)4)14(2)17(18)15-8-10-16(21-5)11-9-15/h8-11,14,17H,6-7,12-13,18H2,1-5H3. The minimum absolute atomic E-state index is 0.0233. The van der Waals surface area contributed by atoms with Crippen molar-refractivity contribution in [2.75, 3.05) is 40.8 Å². The number of hydrogen-bond donors (Lipinski definition) is 1. The van der Waals surface area contributed by atoms with Crippen LogP contribution in [0.3, 0.4) is 0 Å². The molecule has 0 heterocycles. The second-order valence-corrected chi connectivity index (χ2v) is 5.82. The van der Waals surface area contributed by atoms with Crippen LogP contribution in [0.4, 0.5) is 0 Å². The second kappa shape index (κ2) is 9.03. The summed E-state index contributed by atoms with van der Waals surface area (Å²) in [5, 5.41) is 0. The van der Waals surface area contributed by atoms with E-state index >= 15 is 0 Å². The Balaban J connectivity index is 2.62. The molecule has 0 aliphatic carbocycles. The van der Waals surface area contributed by atoms with Crippen molar-refractivity contribution in [3.8, 4) is 5.75 Å². The average Bonchev–Trinajstić information content (AvgIpc) is 2.50. The highest BCUT2D eigenvalue weighted by Crippen LogP contribution is 2.21. The van der Waals surface area contributed by atoms with E-state index in [1.54, 1.807) is 7.11 Å². The van der Waals surface area contributed by atoms with Crippen molar-refractivity contribution in [2.24, 2.45) is 5.73 Å². The Hall–Kier alpha value is -1.10. The van der Waals surface area contributed by atoms with Crippen LogP contribution in [0.1, 0.15) is 31.9 Å². The predicted molar refractivity (Wildman–Crippen MR) is 89.8 cm³/mol. The van der Waals surface area contributed by atoms with Crippen molar-refractivity contribution in [3.63, 3.8) is 0 Å². The van der Waals surface area contributed by atoms with E-state index in [0.717, 1.165) is 30.9 Å². The van der Waals surface area contributed by atoms with Crippen LogP contribution in [0.2, 0.25) is 0 Å². The zero-order chi connectivity index (χ0) is 15.8. The number of rotatable bonds is 9. The lowest BCUT2D eigenvalue weighted by Crippen LogP contribution is -2.41. The van der Waals surface area contributed by atoms with E-state index in [4.69, 9.17) is 10.5 Å². The molecular weight excluding hydrogens is 262 g/mol. The smallest absolute Gasteiger partial charge is 0.118 e. The molecule has 120 valence electrons. The van der Waals surface area contributed by atoms with E-state index < -0.39 is 0 Å². The molecule has 0 aliphatic rings. The molecule has 4 nitrogen and oxygen atoms in total. The fraction of sp³-hybridized carbons (Fsp3) is 0.647. The van der Waals surface area contributed by atoms with Gasteiger partial charge in [0.2, 0.25) is 0 Å². The minimum atomic E-state index is 0.0233. The summed E-state index contributed by atoms with van der Waals surface area (Å²) in [7, 11) is 5.91. The van der Waals surface area contributed by atoms with E-state index in [1.807, 2.05) is 12.1 Å². The fourth-order valence-corrected chi connectivity index (χ4v) is 2.57. The van der Waals surface area contributed by atoms with Gasteiger partial charge in [0.15, 0.2) is 0 Å². The monoisotopic (exact) mass is 293 g/mol. The predicted octanol–water partition coefficient (Wildman–Crippen LogP) is 2.36. The fourth-order valence-electron chi connectivity index (χ4n) is 2.57. The number of likely N-dealkylation sites (N-methyl/N-ethyl adjacent to an activating group) is 1. The lowest BCUT2D eigenvalue weighted by molar-refractivity contribution is 0.184. The first kappa shape index (κ1) is 18.0. The largest absolute Gasteiger partial charge is 0.497 e. The zero-order valence-electron chi connectivity index (χ0n) is 14.2. The molecule has 0 saturated carbocycles. The Bertz CT molecular complexity index is 392. The molecular formula is C17H31N3O. The normalized spacial score (nSPS) is 14.5. The van der Waals surface area contributed by atoms with E-state index in [1.165, 1.54) is 6.42 Å². The summed E-state index contributed by atoms with van der Waals surface area (Å²) in [6, 6.07) is 8.43. The van der Waals surface area contributed by atoms with E-state index in [0.29, 0.717) is 6.04 Å². The van der Waals surface area contributed by atoms with Gasteiger partial charge in [-0.1, -0.05) is 19.1 Å². The first-order valence-electron chi connectivity index (χ1n) is 7.77. The third kappa shape index (κ3) is 5.65. The van der Waals surface area contributed by atoms with Crippen molar-refractivity contribution in [1.29, 1.82) is 0 Å². The van der Waals surface area contributed by atoms with Gasteiger partial charge in [0.25, 0.3) is 0 Å². The molecule has 0 amide bonds. The summed E-state index contributed by atoms with van der Waals surface area (Å²) >= 11 is 0. The zero-order valence-corrected chi connectivity index (χ0v) is 14.2. The van der Waals surface area contributed by atoms with Crippen LogP contribution in [-0.4, -0.2) is 56.7 Å². The van der Waals surface area contributed by atoms with Gasteiger partial charge >= 0.3 is 0 Å². The van der Waals surface area contributed by atoms with Gasteiger partial charge in [0.05, 0.1) is 7.11 Å². The Kier molecular flexibility index (Phi) is 7.72. The maximum Gasteiger partial charge on any atom is 0.118 e. The molecule has 0 bridgehead atoms. The molecule has 2 atom stereocenters. The number of hydrogen-bond acceptors (Lipinski definition) is 4. The molecule has 0 aliphatic heterocycles. The molecule has 0 saturated heterocycles. The third-order valence-electron chi connectivity index (χ3n) is 4.05. The Morgan fingerprint density at radius 1 is 1.14 bits per heavy atom. The van der Waals surface area contributed by atoms with Crippen molar-refractivity contribution in [2.45, 2.75) is 32.4 Å². The van der Waals surface area contributed by atoms with Crippen LogP contribution in [-0.2, 0) is 0 Å². The molecule has 1 aromatic rings. The Morgan fingerprint density at radius 3 is 2.24 bits per heavy atom. The molecule has 21 heavy (non-hydrogen) atoms. The summed E-state index contributed by atoms with van der Waals surface area (Å²) in [4.78, 5) is 4.68. The van der Waals surface area contributed by atoms with Gasteiger partial charge in [0, 0.05) is 12.1 Å². The molecule has 0 spiro atoms. The molecule has 2 N–H and O–H groups in total. The molecule has 0 aromatic heterocycles. The molecule has 0 fully saturated rings. The molecule has 2 unspecified atom stereocenters. The van der Waals surface area contributed by atoms with E-state index in [-0.39, 0.29) is 6.04 Å². The minimum Gasteiger partial charge on any atom is -0.497 e. The number of ether oxygens (including phenoxy) is 1. The summed E-state index contributed by atoms with van der Waals surface area (Å²) in [6.45, 7) is 7.64. The van der Waals surface area contributed by atoms with Gasteiger partial charge in [-0.25, -0.2) is 0 Å². The SMILES string of the molecule is CCN(CCCN(C)C)C(C)C(N)c1ccc(OC)cc1. The Labute approximate surface area is 129 Å². The van der Waals surface area contributed by atoms with Gasteiger partial charge in [-0.15, -0.1) is 0 Å². The number of nitrogens with zero attached hydrogens (tertiary/aromatic N) is 2. The Morgan fingerprint density at radius 2 is 1.76 bits per heavy atom. The van der Waals surface area contributed by atoms with Gasteiger partial charge in [-0.2, -0.15) is 0 Å². The molecule has 1 rings (SSSR count).